The molecule has 0 spiro atoms. The lowest BCUT2D eigenvalue weighted by Crippen LogP contribution is -1.97. The van der Waals surface area contributed by atoms with E-state index in [0.717, 1.165) is 18.2 Å². The van der Waals surface area contributed by atoms with Crippen LogP contribution in [0.1, 0.15) is 1.37 Å². The molecule has 0 saturated heterocycles. The molecule has 0 heterocycles. The molecular formula is C6H4O2. The molecule has 0 aromatic rings. The quantitative estimate of drug-likeness (QED) is 0.418. The second-order valence-corrected chi connectivity index (χ2v) is 1.39. The number of rotatable bonds is 0. The molecule has 2 heteroatoms. The van der Waals surface area contributed by atoms with E-state index in [1.807, 2.05) is 0 Å². The summed E-state index contributed by atoms with van der Waals surface area (Å²) >= 11 is 0. The third-order valence-corrected chi connectivity index (χ3v) is 0.756. The number of hydrogen-bond acceptors (Lipinski definition) is 2. The van der Waals surface area contributed by atoms with Crippen LogP contribution in [-0.4, -0.2) is 11.6 Å². The second kappa shape index (κ2) is 1.74. The van der Waals surface area contributed by atoms with Gasteiger partial charge in [0.05, 0.1) is 1.37 Å². The van der Waals surface area contributed by atoms with E-state index in [1.165, 1.54) is 0 Å². The van der Waals surface area contributed by atoms with Gasteiger partial charge in [0.1, 0.15) is 0 Å². The smallest absolute Gasteiger partial charge is 0.178 e. The van der Waals surface area contributed by atoms with Crippen LogP contribution in [0.2, 0.25) is 0 Å². The minimum atomic E-state index is -0.408. The van der Waals surface area contributed by atoms with Gasteiger partial charge in [0.25, 0.3) is 0 Å². The maximum Gasteiger partial charge on any atom is 0.178 e. The molecule has 0 saturated carbocycles. The molecule has 0 bridgehead atoms. The van der Waals surface area contributed by atoms with E-state index in [-0.39, 0.29) is 11.8 Å². The Balaban J connectivity index is 2.95. The molecule has 0 unspecified atom stereocenters. The summed E-state index contributed by atoms with van der Waals surface area (Å²) < 4.78 is 6.85. The van der Waals surface area contributed by atoms with Crippen molar-refractivity contribution < 1.29 is 11.0 Å². The molecule has 0 aliphatic heterocycles. The van der Waals surface area contributed by atoms with Crippen molar-refractivity contribution in [1.82, 2.24) is 0 Å². The molecule has 40 valence electrons. The molecule has 1 aliphatic rings. The van der Waals surface area contributed by atoms with E-state index in [4.69, 9.17) is 1.37 Å². The number of allylic oxidation sites excluding steroid dienone is 4. The highest BCUT2D eigenvalue weighted by Gasteiger charge is 1.97. The van der Waals surface area contributed by atoms with Crippen LogP contribution in [0.4, 0.5) is 0 Å². The van der Waals surface area contributed by atoms with Gasteiger partial charge in [-0.25, -0.2) is 0 Å². The van der Waals surface area contributed by atoms with Gasteiger partial charge in [-0.05, 0) is 24.3 Å². The van der Waals surface area contributed by atoms with Crippen LogP contribution in [0.5, 0.6) is 0 Å². The molecule has 0 amide bonds. The van der Waals surface area contributed by atoms with Gasteiger partial charge in [-0.3, -0.25) is 9.59 Å². The Hall–Kier alpha value is -1.18. The van der Waals surface area contributed by atoms with Crippen molar-refractivity contribution in [2.45, 2.75) is 0 Å². The number of carbonyl (C=O) groups is 2. The molecule has 8 heavy (non-hydrogen) atoms. The lowest BCUT2D eigenvalue weighted by molar-refractivity contribution is -0.113. The zero-order valence-corrected chi connectivity index (χ0v) is 4.05. The number of carbonyl (C=O) groups excluding carboxylic acids is 2. The zero-order chi connectivity index (χ0) is 6.85. The van der Waals surface area contributed by atoms with Crippen molar-refractivity contribution in [2.24, 2.45) is 0 Å². The summed E-state index contributed by atoms with van der Waals surface area (Å²) in [6.45, 7) is 0. The number of ketones is 2. The molecule has 0 radical (unpaired) electrons. The molecule has 1 aliphatic carbocycles. The van der Waals surface area contributed by atoms with E-state index in [9.17, 15) is 9.59 Å². The van der Waals surface area contributed by atoms with Crippen molar-refractivity contribution in [3.63, 3.8) is 0 Å². The molecule has 0 N–H and O–H groups in total. The fraction of sp³-hybridized carbons (Fsp3) is 0. The van der Waals surface area contributed by atoms with Crippen LogP contribution in [0.3, 0.4) is 0 Å². The van der Waals surface area contributed by atoms with Gasteiger partial charge >= 0.3 is 0 Å². The summed E-state index contributed by atoms with van der Waals surface area (Å²) in [5.41, 5.74) is 0. The van der Waals surface area contributed by atoms with Crippen LogP contribution in [-0.2, 0) is 9.59 Å². The van der Waals surface area contributed by atoms with Gasteiger partial charge in [0.15, 0.2) is 11.6 Å². The maximum atomic E-state index is 10.4. The Morgan fingerprint density at radius 3 is 2.25 bits per heavy atom. The summed E-state index contributed by atoms with van der Waals surface area (Å²) in [5.74, 6) is -0.700. The lowest BCUT2D eigenvalue weighted by atomic mass is 10.2. The topological polar surface area (TPSA) is 34.1 Å². The summed E-state index contributed by atoms with van der Waals surface area (Å²) in [7, 11) is 0. The predicted octanol–water partition coefficient (Wildman–Crippen LogP) is 0.251. The van der Waals surface area contributed by atoms with Crippen molar-refractivity contribution in [2.75, 3.05) is 0 Å². The monoisotopic (exact) mass is 109 g/mol. The van der Waals surface area contributed by atoms with Gasteiger partial charge in [-0.1, -0.05) is 0 Å². The SMILES string of the molecule is [2H]C1=CC(=O)C=CC1=O. The normalized spacial score (nSPS) is 20.5. The fourth-order valence-corrected chi connectivity index (χ4v) is 0.396. The minimum Gasteiger partial charge on any atom is -0.290 e. The third kappa shape index (κ3) is 0.904. The van der Waals surface area contributed by atoms with Crippen molar-refractivity contribution in [3.8, 4) is 0 Å². The Morgan fingerprint density at radius 1 is 1.12 bits per heavy atom. The van der Waals surface area contributed by atoms with Crippen LogP contribution in [0.15, 0.2) is 24.3 Å². The van der Waals surface area contributed by atoms with E-state index in [0.29, 0.717) is 0 Å². The first-order valence-electron chi connectivity index (χ1n) is 2.65. The predicted molar refractivity (Wildman–Crippen MR) is 28.3 cm³/mol. The molecule has 0 aromatic carbocycles. The average molecular weight is 109 g/mol. The summed E-state index contributed by atoms with van der Waals surface area (Å²) in [6.07, 6.45) is 3.26. The van der Waals surface area contributed by atoms with E-state index in [2.05, 4.69) is 0 Å². The van der Waals surface area contributed by atoms with Crippen molar-refractivity contribution in [3.05, 3.63) is 24.3 Å². The molecule has 0 fully saturated rings. The molecule has 1 rings (SSSR count). The molecular weight excluding hydrogens is 104 g/mol. The van der Waals surface area contributed by atoms with Crippen LogP contribution < -0.4 is 0 Å². The van der Waals surface area contributed by atoms with Gasteiger partial charge < -0.3 is 0 Å². The van der Waals surface area contributed by atoms with Crippen LogP contribution >= 0.6 is 0 Å². The van der Waals surface area contributed by atoms with Crippen LogP contribution in [0.25, 0.3) is 0 Å². The van der Waals surface area contributed by atoms with Crippen molar-refractivity contribution >= 4 is 11.6 Å². The highest BCUT2D eigenvalue weighted by atomic mass is 16.1. The van der Waals surface area contributed by atoms with E-state index >= 15 is 0 Å². The Kier molecular flexibility index (Phi) is 0.821. The Labute approximate surface area is 47.9 Å². The van der Waals surface area contributed by atoms with Gasteiger partial charge in [0, 0.05) is 0 Å². The fourth-order valence-electron chi connectivity index (χ4n) is 0.396. The molecule has 2 nitrogen and oxygen atoms in total. The summed E-state index contributed by atoms with van der Waals surface area (Å²) in [4.78, 5) is 20.8. The first-order chi connectivity index (χ1) is 4.20. The number of hydrogen-bond donors (Lipinski definition) is 0. The molecule has 0 atom stereocenters. The van der Waals surface area contributed by atoms with Crippen LogP contribution in [0, 0.1) is 0 Å². The first kappa shape index (κ1) is 3.78. The Morgan fingerprint density at radius 2 is 1.75 bits per heavy atom. The van der Waals surface area contributed by atoms with Gasteiger partial charge in [0.2, 0.25) is 0 Å². The lowest BCUT2D eigenvalue weighted by Gasteiger charge is -1.87. The zero-order valence-electron chi connectivity index (χ0n) is 5.05. The average Bonchev–Trinajstić information content (AvgIpc) is 1.80. The molecule has 0 aromatic heterocycles. The standard InChI is InChI=1S/C6H4O2/c7-5-1-2-6(8)4-3-5/h1-4H/i1D. The third-order valence-electron chi connectivity index (χ3n) is 0.756. The second-order valence-electron chi connectivity index (χ2n) is 1.39. The van der Waals surface area contributed by atoms with Gasteiger partial charge in [-0.15, -0.1) is 0 Å². The van der Waals surface area contributed by atoms with E-state index in [1.54, 1.807) is 0 Å². The summed E-state index contributed by atoms with van der Waals surface area (Å²) in [5, 5.41) is 0. The van der Waals surface area contributed by atoms with E-state index < -0.39 is 5.78 Å². The van der Waals surface area contributed by atoms with Crippen molar-refractivity contribution in [1.29, 1.82) is 0 Å². The highest BCUT2D eigenvalue weighted by molar-refractivity contribution is 6.14. The van der Waals surface area contributed by atoms with Gasteiger partial charge in [-0.2, -0.15) is 0 Å². The maximum absolute atomic E-state index is 10.4. The Bertz CT molecular complexity index is 225. The summed E-state index contributed by atoms with van der Waals surface area (Å²) in [6, 6.07) is -0.234. The first-order valence-corrected chi connectivity index (χ1v) is 2.15. The largest absolute Gasteiger partial charge is 0.290 e. The minimum absolute atomic E-state index is 0.234. The highest BCUT2D eigenvalue weighted by Crippen LogP contribution is 1.90.